The van der Waals surface area contributed by atoms with Crippen LogP contribution in [0, 0.1) is 16.7 Å². The number of nitriles is 1. The number of rotatable bonds is 7. The first-order chi connectivity index (χ1) is 19.0. The van der Waals surface area contributed by atoms with E-state index in [1.165, 1.54) is 32.4 Å². The lowest BCUT2D eigenvalue weighted by atomic mass is 9.73. The molecule has 3 amide bonds. The highest BCUT2D eigenvalue weighted by Gasteiger charge is 2.56. The molecule has 0 radical (unpaired) electrons. The number of aromatic nitrogens is 1. The number of urea groups is 1. The first-order valence-electron chi connectivity index (χ1n) is 13.9. The van der Waals surface area contributed by atoms with E-state index in [0.29, 0.717) is 42.1 Å². The molecule has 6 rings (SSSR count). The average Bonchev–Trinajstić information content (AvgIpc) is 3.18. The number of fused-ring (bicyclic) bond motifs is 1. The number of nitrogens with one attached hydrogen (secondary N) is 2. The van der Waals surface area contributed by atoms with Crippen molar-refractivity contribution in [2.24, 2.45) is 5.41 Å². The van der Waals surface area contributed by atoms with Crippen LogP contribution in [0.2, 0.25) is 0 Å². The van der Waals surface area contributed by atoms with Gasteiger partial charge in [-0.2, -0.15) is 5.26 Å². The highest BCUT2D eigenvalue weighted by molar-refractivity contribution is 6.10. The Kier molecular flexibility index (Phi) is 6.65. The van der Waals surface area contributed by atoms with Crippen LogP contribution in [-0.4, -0.2) is 90.6 Å². The second kappa shape index (κ2) is 10.1. The summed E-state index contributed by atoms with van der Waals surface area (Å²) in [7, 11) is 0. The highest BCUT2D eigenvalue weighted by atomic mass is 16.5. The van der Waals surface area contributed by atoms with E-state index in [1.54, 1.807) is 41.4 Å². The van der Waals surface area contributed by atoms with Crippen LogP contribution in [0.3, 0.4) is 0 Å². The third-order valence-electron chi connectivity index (χ3n) is 8.53. The number of nitrogens with zero attached hydrogens (tertiary/aromatic N) is 5. The summed E-state index contributed by atoms with van der Waals surface area (Å²) in [6, 6.07) is 10.3. The summed E-state index contributed by atoms with van der Waals surface area (Å²) < 4.78 is 5.78. The molecule has 2 N–H and O–H groups in total. The van der Waals surface area contributed by atoms with Gasteiger partial charge in [0.2, 0.25) is 5.88 Å². The molecular formula is C29H35N7O3. The number of hydrogen-bond donors (Lipinski definition) is 2. The van der Waals surface area contributed by atoms with Crippen molar-refractivity contribution in [3.8, 4) is 11.9 Å². The summed E-state index contributed by atoms with van der Waals surface area (Å²) in [6.07, 6.45) is 5.56. The van der Waals surface area contributed by atoms with E-state index in [1.807, 2.05) is 6.92 Å². The van der Waals surface area contributed by atoms with Crippen LogP contribution in [0.5, 0.6) is 5.88 Å². The summed E-state index contributed by atoms with van der Waals surface area (Å²) in [6.45, 7) is 10.1. The maximum Gasteiger partial charge on any atom is 0.318 e. The third-order valence-corrected chi connectivity index (χ3v) is 8.53. The molecule has 1 atom stereocenters. The quantitative estimate of drug-likeness (QED) is 0.566. The SMILES string of the molecule is CCOc1ncccc1C1(NC(=O)N2CC3(CN(CCN4CCCCC4)C3)C2)C(=O)Nc2ccc(C#N)cc21. The second-order valence-corrected chi connectivity index (χ2v) is 11.3. The van der Waals surface area contributed by atoms with Gasteiger partial charge in [0, 0.05) is 62.1 Å². The van der Waals surface area contributed by atoms with Gasteiger partial charge in [-0.15, -0.1) is 0 Å². The van der Waals surface area contributed by atoms with Gasteiger partial charge in [0.05, 0.1) is 23.8 Å². The topological polar surface area (TPSA) is 114 Å². The maximum absolute atomic E-state index is 13.7. The van der Waals surface area contributed by atoms with Crippen molar-refractivity contribution in [3.05, 3.63) is 53.2 Å². The summed E-state index contributed by atoms with van der Waals surface area (Å²) >= 11 is 0. The Bertz CT molecular complexity index is 1300. The Balaban J connectivity index is 1.18. The minimum absolute atomic E-state index is 0.140. The third kappa shape index (κ3) is 4.49. The van der Waals surface area contributed by atoms with Crippen molar-refractivity contribution in [2.45, 2.75) is 31.7 Å². The van der Waals surface area contributed by atoms with E-state index >= 15 is 0 Å². The lowest BCUT2D eigenvalue weighted by Crippen LogP contribution is -2.74. The van der Waals surface area contributed by atoms with Crippen LogP contribution in [0.4, 0.5) is 10.5 Å². The number of benzene rings is 1. The molecule has 4 aliphatic rings. The molecule has 204 valence electrons. The highest BCUT2D eigenvalue weighted by Crippen LogP contribution is 2.45. The predicted octanol–water partition coefficient (Wildman–Crippen LogP) is 2.36. The van der Waals surface area contributed by atoms with Gasteiger partial charge in [0.1, 0.15) is 0 Å². The molecule has 0 aliphatic carbocycles. The molecule has 3 fully saturated rings. The molecule has 3 saturated heterocycles. The number of ether oxygens (including phenoxy) is 1. The number of likely N-dealkylation sites (tertiary alicyclic amines) is 3. The molecule has 1 aromatic carbocycles. The molecule has 4 aliphatic heterocycles. The first-order valence-corrected chi connectivity index (χ1v) is 13.9. The first kappa shape index (κ1) is 25.6. The number of piperidine rings is 1. The van der Waals surface area contributed by atoms with Crippen LogP contribution in [0.25, 0.3) is 0 Å². The predicted molar refractivity (Wildman–Crippen MR) is 145 cm³/mol. The lowest BCUT2D eigenvalue weighted by Gasteiger charge is -2.60. The number of anilines is 1. The molecule has 39 heavy (non-hydrogen) atoms. The van der Waals surface area contributed by atoms with Crippen LogP contribution < -0.4 is 15.4 Å². The van der Waals surface area contributed by atoms with Crippen LogP contribution in [0.15, 0.2) is 36.5 Å². The normalized spacial score (nSPS) is 23.8. The van der Waals surface area contributed by atoms with Crippen molar-refractivity contribution in [3.63, 3.8) is 0 Å². The fourth-order valence-electron chi connectivity index (χ4n) is 6.63. The van der Waals surface area contributed by atoms with Crippen molar-refractivity contribution >= 4 is 17.6 Å². The molecule has 10 nitrogen and oxygen atoms in total. The Morgan fingerprint density at radius 2 is 1.87 bits per heavy atom. The molecule has 0 bridgehead atoms. The Labute approximate surface area is 228 Å². The largest absolute Gasteiger partial charge is 0.478 e. The van der Waals surface area contributed by atoms with E-state index < -0.39 is 11.4 Å². The van der Waals surface area contributed by atoms with Gasteiger partial charge in [-0.1, -0.05) is 6.42 Å². The Hall–Kier alpha value is -3.68. The van der Waals surface area contributed by atoms with Crippen molar-refractivity contribution in [1.29, 1.82) is 5.26 Å². The molecular weight excluding hydrogens is 494 g/mol. The van der Waals surface area contributed by atoms with Crippen LogP contribution in [0.1, 0.15) is 42.9 Å². The summed E-state index contributed by atoms with van der Waals surface area (Å²) in [5, 5.41) is 15.5. The van der Waals surface area contributed by atoms with Gasteiger partial charge < -0.3 is 30.1 Å². The lowest BCUT2D eigenvalue weighted by molar-refractivity contribution is -0.121. The number of carbonyl (C=O) groups is 2. The fraction of sp³-hybridized carbons (Fsp3) is 0.517. The van der Waals surface area contributed by atoms with E-state index in [0.717, 1.165) is 26.2 Å². The van der Waals surface area contributed by atoms with Crippen molar-refractivity contribution < 1.29 is 14.3 Å². The second-order valence-electron chi connectivity index (χ2n) is 11.3. The summed E-state index contributed by atoms with van der Waals surface area (Å²) in [5.41, 5.74) is 0.467. The zero-order valence-corrected chi connectivity index (χ0v) is 22.4. The molecule has 0 saturated carbocycles. The molecule has 10 heteroatoms. The van der Waals surface area contributed by atoms with Gasteiger partial charge in [-0.3, -0.25) is 4.79 Å². The molecule has 2 aromatic rings. The minimum Gasteiger partial charge on any atom is -0.478 e. The fourth-order valence-corrected chi connectivity index (χ4v) is 6.63. The monoisotopic (exact) mass is 529 g/mol. The standard InChI is InChI=1S/C29H35N7O3/c1-2-39-25-22(7-6-10-31-25)29(23-15-21(16-30)8-9-24(23)32-26(29)37)33-27(38)36-19-28(20-36)17-35(18-28)14-13-34-11-4-3-5-12-34/h6-10,15H,2-5,11-14,17-20H2,1H3,(H,32,37)(H,33,38). The van der Waals surface area contributed by atoms with Gasteiger partial charge in [0.25, 0.3) is 5.91 Å². The van der Waals surface area contributed by atoms with Crippen molar-refractivity contribution in [2.75, 3.05) is 64.3 Å². The molecule has 1 unspecified atom stereocenters. The molecule has 1 spiro atoms. The zero-order chi connectivity index (χ0) is 27.0. The van der Waals surface area contributed by atoms with Gasteiger partial charge in [-0.05, 0) is 63.2 Å². The Morgan fingerprint density at radius 1 is 1.10 bits per heavy atom. The number of amides is 3. The maximum atomic E-state index is 13.7. The van der Waals surface area contributed by atoms with Crippen molar-refractivity contribution in [1.82, 2.24) is 25.0 Å². The van der Waals surface area contributed by atoms with E-state index in [4.69, 9.17) is 4.74 Å². The number of hydrogen-bond acceptors (Lipinski definition) is 7. The van der Waals surface area contributed by atoms with Gasteiger partial charge in [-0.25, -0.2) is 9.78 Å². The average molecular weight is 530 g/mol. The summed E-state index contributed by atoms with van der Waals surface area (Å²) in [5.74, 6) is -0.133. The van der Waals surface area contributed by atoms with E-state index in [9.17, 15) is 14.9 Å². The van der Waals surface area contributed by atoms with E-state index in [-0.39, 0.29) is 17.3 Å². The van der Waals surface area contributed by atoms with Gasteiger partial charge >= 0.3 is 6.03 Å². The smallest absolute Gasteiger partial charge is 0.318 e. The van der Waals surface area contributed by atoms with Gasteiger partial charge in [0.15, 0.2) is 5.54 Å². The number of carbonyl (C=O) groups excluding carboxylic acids is 2. The molecule has 5 heterocycles. The van der Waals surface area contributed by atoms with E-state index in [2.05, 4.69) is 31.5 Å². The van der Waals surface area contributed by atoms with Crippen LogP contribution in [-0.2, 0) is 10.3 Å². The minimum atomic E-state index is -1.57. The molecule has 1 aromatic heterocycles. The Morgan fingerprint density at radius 3 is 2.62 bits per heavy atom. The zero-order valence-electron chi connectivity index (χ0n) is 22.4. The summed E-state index contributed by atoms with van der Waals surface area (Å²) in [4.78, 5) is 38.5. The number of pyridine rings is 1. The van der Waals surface area contributed by atoms with Crippen LogP contribution >= 0.6 is 0 Å².